The standard InChI is InChI=1S/C26H32N2O5/c1-16(2)33-14-8-13-28-25(29)23(19-11-12-21(31-5)22(15-19)32-6)24(26(28)30)27-20-10-7-9-17(3)18(20)4/h7,9-12,15-16,27H,8,13-14H2,1-6H3. The van der Waals surface area contributed by atoms with E-state index in [1.165, 1.54) is 12.0 Å². The van der Waals surface area contributed by atoms with Gasteiger partial charge in [-0.1, -0.05) is 18.2 Å². The van der Waals surface area contributed by atoms with E-state index >= 15 is 0 Å². The Morgan fingerprint density at radius 1 is 0.970 bits per heavy atom. The lowest BCUT2D eigenvalue weighted by Gasteiger charge is -2.16. The predicted octanol–water partition coefficient (Wildman–Crippen LogP) is 4.33. The molecule has 0 radical (unpaired) electrons. The SMILES string of the molecule is COc1ccc(C2=C(Nc3cccc(C)c3C)C(=O)N(CCCOC(C)C)C2=O)cc1OC. The molecule has 7 heteroatoms. The van der Waals surface area contributed by atoms with E-state index in [9.17, 15) is 9.59 Å². The van der Waals surface area contributed by atoms with Crippen LogP contribution in [0.1, 0.15) is 37.0 Å². The number of imide groups is 1. The maximum atomic E-state index is 13.4. The minimum absolute atomic E-state index is 0.0944. The van der Waals surface area contributed by atoms with Crippen molar-refractivity contribution in [3.8, 4) is 11.5 Å². The summed E-state index contributed by atoms with van der Waals surface area (Å²) in [4.78, 5) is 28.1. The Morgan fingerprint density at radius 3 is 2.36 bits per heavy atom. The number of carbonyl (C=O) groups is 2. The van der Waals surface area contributed by atoms with Crippen molar-refractivity contribution in [2.24, 2.45) is 0 Å². The summed E-state index contributed by atoms with van der Waals surface area (Å²) in [7, 11) is 3.09. The third kappa shape index (κ3) is 5.20. The average Bonchev–Trinajstić information content (AvgIpc) is 3.02. The van der Waals surface area contributed by atoms with Crippen LogP contribution in [0.5, 0.6) is 11.5 Å². The Bertz CT molecular complexity index is 1070. The normalized spacial score (nSPS) is 13.8. The van der Waals surface area contributed by atoms with E-state index in [4.69, 9.17) is 14.2 Å². The van der Waals surface area contributed by atoms with Gasteiger partial charge in [0.1, 0.15) is 5.70 Å². The predicted molar refractivity (Wildman–Crippen MR) is 128 cm³/mol. The second-order valence-electron chi connectivity index (χ2n) is 8.23. The third-order valence-electron chi connectivity index (χ3n) is 5.68. The van der Waals surface area contributed by atoms with Gasteiger partial charge in [0.25, 0.3) is 11.8 Å². The van der Waals surface area contributed by atoms with Crippen molar-refractivity contribution in [3.05, 3.63) is 58.8 Å². The smallest absolute Gasteiger partial charge is 0.278 e. The van der Waals surface area contributed by atoms with E-state index in [2.05, 4.69) is 5.32 Å². The monoisotopic (exact) mass is 452 g/mol. The van der Waals surface area contributed by atoms with Gasteiger partial charge in [-0.25, -0.2) is 0 Å². The van der Waals surface area contributed by atoms with E-state index < -0.39 is 0 Å². The molecule has 0 atom stereocenters. The van der Waals surface area contributed by atoms with Gasteiger partial charge < -0.3 is 19.5 Å². The van der Waals surface area contributed by atoms with Crippen LogP contribution < -0.4 is 14.8 Å². The molecule has 0 aliphatic carbocycles. The summed E-state index contributed by atoms with van der Waals surface area (Å²) in [5, 5.41) is 3.25. The molecule has 0 aromatic heterocycles. The highest BCUT2D eigenvalue weighted by Gasteiger charge is 2.39. The van der Waals surface area contributed by atoms with Crippen molar-refractivity contribution in [2.75, 3.05) is 32.7 Å². The van der Waals surface area contributed by atoms with Crippen LogP contribution in [0.4, 0.5) is 5.69 Å². The average molecular weight is 453 g/mol. The van der Waals surface area contributed by atoms with Gasteiger partial charge in [-0.15, -0.1) is 0 Å². The van der Waals surface area contributed by atoms with Crippen molar-refractivity contribution >= 4 is 23.1 Å². The number of nitrogens with zero attached hydrogens (tertiary/aromatic N) is 1. The number of aryl methyl sites for hydroxylation is 1. The molecule has 0 fully saturated rings. The van der Waals surface area contributed by atoms with Crippen LogP contribution in [0.3, 0.4) is 0 Å². The highest BCUT2D eigenvalue weighted by molar-refractivity contribution is 6.36. The first kappa shape index (κ1) is 24.3. The lowest BCUT2D eigenvalue weighted by Crippen LogP contribution is -2.34. The number of ether oxygens (including phenoxy) is 3. The van der Waals surface area contributed by atoms with Crippen LogP contribution in [0, 0.1) is 13.8 Å². The van der Waals surface area contributed by atoms with Crippen LogP contribution in [-0.2, 0) is 14.3 Å². The van der Waals surface area contributed by atoms with Gasteiger partial charge >= 0.3 is 0 Å². The minimum atomic E-state index is -0.352. The Labute approximate surface area is 195 Å². The molecule has 7 nitrogen and oxygen atoms in total. The first-order valence-corrected chi connectivity index (χ1v) is 11.1. The number of rotatable bonds is 10. The molecule has 0 saturated carbocycles. The summed E-state index contributed by atoms with van der Waals surface area (Å²) in [5.41, 5.74) is 4.04. The highest BCUT2D eigenvalue weighted by atomic mass is 16.5. The number of amides is 2. The van der Waals surface area contributed by atoms with Crippen molar-refractivity contribution in [2.45, 2.75) is 40.2 Å². The number of hydrogen-bond donors (Lipinski definition) is 1. The van der Waals surface area contributed by atoms with Crippen molar-refractivity contribution in [3.63, 3.8) is 0 Å². The molecule has 2 amide bonds. The van der Waals surface area contributed by atoms with Gasteiger partial charge in [0.15, 0.2) is 11.5 Å². The maximum Gasteiger partial charge on any atom is 0.278 e. The number of hydrogen-bond acceptors (Lipinski definition) is 6. The van der Waals surface area contributed by atoms with Crippen molar-refractivity contribution < 1.29 is 23.8 Å². The zero-order valence-electron chi connectivity index (χ0n) is 20.2. The molecule has 1 aliphatic heterocycles. The molecule has 33 heavy (non-hydrogen) atoms. The van der Waals surface area contributed by atoms with E-state index in [1.807, 2.05) is 45.9 Å². The number of carbonyl (C=O) groups excluding carboxylic acids is 2. The van der Waals surface area contributed by atoms with Gasteiger partial charge in [0.05, 0.1) is 25.9 Å². The first-order chi connectivity index (χ1) is 15.8. The summed E-state index contributed by atoms with van der Waals surface area (Å²) in [6.45, 7) is 8.65. The van der Waals surface area contributed by atoms with Crippen molar-refractivity contribution in [1.29, 1.82) is 0 Å². The maximum absolute atomic E-state index is 13.4. The molecule has 176 valence electrons. The molecular weight excluding hydrogens is 420 g/mol. The molecule has 0 spiro atoms. The number of nitrogens with one attached hydrogen (secondary N) is 1. The van der Waals surface area contributed by atoms with Gasteiger partial charge in [-0.05, 0) is 69.0 Å². The Hall–Kier alpha value is -3.32. The molecule has 0 unspecified atom stereocenters. The zero-order chi connectivity index (χ0) is 24.1. The van der Waals surface area contributed by atoms with Gasteiger partial charge in [0.2, 0.25) is 0 Å². The molecule has 2 aromatic carbocycles. The van der Waals surface area contributed by atoms with Crippen LogP contribution in [0.15, 0.2) is 42.1 Å². The second-order valence-corrected chi connectivity index (χ2v) is 8.23. The Balaban J connectivity index is 2.01. The molecule has 1 heterocycles. The topological polar surface area (TPSA) is 77.1 Å². The van der Waals surface area contributed by atoms with Gasteiger partial charge in [-0.2, -0.15) is 0 Å². The van der Waals surface area contributed by atoms with E-state index in [1.54, 1.807) is 25.3 Å². The Kier molecular flexibility index (Phi) is 7.76. The molecule has 0 bridgehead atoms. The summed E-state index contributed by atoms with van der Waals surface area (Å²) in [5.74, 6) is 0.336. The largest absolute Gasteiger partial charge is 0.493 e. The number of benzene rings is 2. The van der Waals surface area contributed by atoms with E-state index in [0.29, 0.717) is 35.7 Å². The first-order valence-electron chi connectivity index (χ1n) is 11.1. The molecule has 2 aromatic rings. The number of methoxy groups -OCH3 is 2. The summed E-state index contributed by atoms with van der Waals surface area (Å²) in [6.07, 6.45) is 0.656. The summed E-state index contributed by atoms with van der Waals surface area (Å²) >= 11 is 0. The van der Waals surface area contributed by atoms with E-state index in [0.717, 1.165) is 16.8 Å². The second kappa shape index (κ2) is 10.5. The van der Waals surface area contributed by atoms with Crippen LogP contribution in [-0.4, -0.2) is 50.2 Å². The third-order valence-corrected chi connectivity index (χ3v) is 5.68. The number of anilines is 1. The van der Waals surface area contributed by atoms with Gasteiger partial charge in [0, 0.05) is 18.8 Å². The molecule has 3 rings (SSSR count). The summed E-state index contributed by atoms with van der Waals surface area (Å²) < 4.78 is 16.3. The van der Waals surface area contributed by atoms with Crippen molar-refractivity contribution in [1.82, 2.24) is 4.90 Å². The minimum Gasteiger partial charge on any atom is -0.493 e. The fourth-order valence-electron chi connectivity index (χ4n) is 3.72. The molecular formula is C26H32N2O5. The summed E-state index contributed by atoms with van der Waals surface area (Å²) in [6, 6.07) is 11.0. The molecule has 1 N–H and O–H groups in total. The Morgan fingerprint density at radius 2 is 1.70 bits per heavy atom. The quantitative estimate of drug-likeness (QED) is 0.427. The molecule has 0 saturated heterocycles. The molecule has 1 aliphatic rings. The highest BCUT2D eigenvalue weighted by Crippen LogP contribution is 2.36. The fourth-order valence-corrected chi connectivity index (χ4v) is 3.72. The lowest BCUT2D eigenvalue weighted by atomic mass is 10.0. The van der Waals surface area contributed by atoms with E-state index in [-0.39, 0.29) is 30.2 Å². The fraction of sp³-hybridized carbons (Fsp3) is 0.385. The van der Waals surface area contributed by atoms with Crippen LogP contribution in [0.2, 0.25) is 0 Å². The van der Waals surface area contributed by atoms with Gasteiger partial charge in [-0.3, -0.25) is 14.5 Å². The van der Waals surface area contributed by atoms with Crippen LogP contribution in [0.25, 0.3) is 5.57 Å². The lowest BCUT2D eigenvalue weighted by molar-refractivity contribution is -0.137. The van der Waals surface area contributed by atoms with Crippen LogP contribution >= 0.6 is 0 Å². The zero-order valence-corrected chi connectivity index (χ0v) is 20.2.